The van der Waals surface area contributed by atoms with Crippen LogP contribution < -0.4 is 5.32 Å². The van der Waals surface area contributed by atoms with Crippen molar-refractivity contribution < 1.29 is 67.8 Å². The van der Waals surface area contributed by atoms with Crippen molar-refractivity contribution in [3.8, 4) is 0 Å². The van der Waals surface area contributed by atoms with Crippen molar-refractivity contribution in [2.24, 2.45) is 16.7 Å². The lowest BCUT2D eigenvalue weighted by Crippen LogP contribution is -2.82. The van der Waals surface area contributed by atoms with Crippen LogP contribution >= 0.6 is 0 Å². The van der Waals surface area contributed by atoms with Crippen molar-refractivity contribution in [3.63, 3.8) is 0 Å². The molecule has 1 aromatic rings. The fraction of sp³-hybridized carbons (Fsp3) is 0.591. The Morgan fingerprint density at radius 1 is 1.03 bits per heavy atom. The van der Waals surface area contributed by atoms with Crippen molar-refractivity contribution in [1.29, 1.82) is 0 Å². The molecule has 0 radical (unpaired) electrons. The van der Waals surface area contributed by atoms with Crippen LogP contribution in [0.5, 0.6) is 0 Å². The fourth-order valence-corrected chi connectivity index (χ4v) is 9.57. The predicted molar refractivity (Wildman–Crippen MR) is 210 cm³/mol. The summed E-state index contributed by atoms with van der Waals surface area (Å²) in [6.45, 7) is 17.1. The first-order valence-corrected chi connectivity index (χ1v) is 19.9. The van der Waals surface area contributed by atoms with Gasteiger partial charge in [0.15, 0.2) is 17.5 Å². The van der Waals surface area contributed by atoms with Crippen LogP contribution in [0.2, 0.25) is 0 Å². The summed E-state index contributed by atoms with van der Waals surface area (Å²) in [5.74, 6) is -6.49. The van der Waals surface area contributed by atoms with Crippen molar-refractivity contribution in [2.45, 2.75) is 142 Å². The van der Waals surface area contributed by atoms with E-state index in [0.29, 0.717) is 16.7 Å². The van der Waals surface area contributed by atoms with Crippen LogP contribution in [0, 0.1) is 16.7 Å². The Kier molecular flexibility index (Phi) is 12.9. The Bertz CT molecular complexity index is 1950. The average molecular weight is 824 g/mol. The number of aliphatic hydroxyl groups is 3. The molecule has 1 heterocycles. The molecule has 3 fully saturated rings. The van der Waals surface area contributed by atoms with Gasteiger partial charge in [0.2, 0.25) is 5.91 Å². The summed E-state index contributed by atoms with van der Waals surface area (Å²) in [4.78, 5) is 82.2. The van der Waals surface area contributed by atoms with Crippen molar-refractivity contribution in [1.82, 2.24) is 5.32 Å². The highest BCUT2D eigenvalue weighted by Gasteiger charge is 2.78. The first kappa shape index (κ1) is 45.4. The van der Waals surface area contributed by atoms with E-state index >= 15 is 4.79 Å². The van der Waals surface area contributed by atoms with Crippen molar-refractivity contribution >= 4 is 35.6 Å². The third-order valence-corrected chi connectivity index (χ3v) is 13.0. The minimum absolute atomic E-state index is 0.0603. The number of Topliss-reactive ketones (excluding diaryl/α,β-unsaturated/α-hetero) is 1. The van der Waals surface area contributed by atoms with Gasteiger partial charge in [-0.15, -0.1) is 0 Å². The Morgan fingerprint density at radius 3 is 2.22 bits per heavy atom. The monoisotopic (exact) mass is 823 g/mol. The normalized spacial score (nSPS) is 33.3. The minimum atomic E-state index is -2.35. The number of rotatable bonds is 12. The highest BCUT2D eigenvalue weighted by atomic mass is 16.6. The van der Waals surface area contributed by atoms with E-state index in [0.717, 1.165) is 6.92 Å². The van der Waals surface area contributed by atoms with Gasteiger partial charge in [0.1, 0.15) is 36.1 Å². The number of aliphatic hydroxyl groups excluding tert-OH is 2. The maximum absolute atomic E-state index is 15.3. The van der Waals surface area contributed by atoms with Crippen LogP contribution in [0.4, 0.5) is 0 Å². The third kappa shape index (κ3) is 7.78. The van der Waals surface area contributed by atoms with Gasteiger partial charge in [0.05, 0.1) is 30.4 Å². The lowest BCUT2D eigenvalue weighted by Gasteiger charge is -2.67. The van der Waals surface area contributed by atoms with Crippen LogP contribution in [0.15, 0.2) is 65.3 Å². The zero-order valence-electron chi connectivity index (χ0n) is 35.2. The first-order chi connectivity index (χ1) is 27.5. The molecule has 5 rings (SSSR count). The van der Waals surface area contributed by atoms with E-state index in [4.69, 9.17) is 23.7 Å². The van der Waals surface area contributed by atoms with Gasteiger partial charge in [-0.25, -0.2) is 4.79 Å². The summed E-state index contributed by atoms with van der Waals surface area (Å²) in [7, 11) is 0. The van der Waals surface area contributed by atoms with Gasteiger partial charge in [0.25, 0.3) is 0 Å². The number of benzene rings is 1. The van der Waals surface area contributed by atoms with Crippen LogP contribution in [-0.2, 0) is 52.5 Å². The van der Waals surface area contributed by atoms with E-state index in [9.17, 15) is 39.3 Å². The molecule has 3 aliphatic carbocycles. The fourth-order valence-electron chi connectivity index (χ4n) is 9.57. The molecule has 322 valence electrons. The third-order valence-electron chi connectivity index (χ3n) is 13.0. The average Bonchev–Trinajstić information content (AvgIpc) is 3.16. The highest BCUT2D eigenvalue weighted by molar-refractivity contribution is 5.94. The molecular formula is C44H57NO14. The minimum Gasteiger partial charge on any atom is -0.461 e. The van der Waals surface area contributed by atoms with Gasteiger partial charge < -0.3 is 44.3 Å². The topological polar surface area (TPSA) is 221 Å². The van der Waals surface area contributed by atoms with Gasteiger partial charge in [-0.1, -0.05) is 69.3 Å². The smallest absolute Gasteiger partial charge is 0.338 e. The first-order valence-electron chi connectivity index (χ1n) is 19.9. The molecule has 2 saturated carbocycles. The van der Waals surface area contributed by atoms with E-state index in [2.05, 4.69) is 11.9 Å². The van der Waals surface area contributed by atoms with E-state index in [1.807, 2.05) is 0 Å². The van der Waals surface area contributed by atoms with E-state index in [1.54, 1.807) is 78.0 Å². The number of carbonyl (C=O) groups is 6. The Morgan fingerprint density at radius 2 is 1.68 bits per heavy atom. The van der Waals surface area contributed by atoms with Crippen LogP contribution in [-0.4, -0.2) is 105 Å². The Balaban J connectivity index is 1.71. The Hall–Kier alpha value is -4.70. The number of fused-ring (bicyclic) bond motifs is 5. The summed E-state index contributed by atoms with van der Waals surface area (Å²) < 4.78 is 30.2. The van der Waals surface area contributed by atoms with E-state index in [1.165, 1.54) is 13.8 Å². The molecule has 2 bridgehead atoms. The predicted octanol–water partition coefficient (Wildman–Crippen LogP) is 3.43. The SMILES string of the molecule is C=C(C)CC(=O)O[C@H]1C2[C@](C)(C(=O)[C@H](O)C3=C(C)[C@@H](OC(=O)[C@H](O)[C@@H](NC(=O)/C(C)=C/C)c4ccccc4)C[C@]1(O)C3(C)C)[C@@H](OC(=O)CC)C[C@H]1OC[C@@]21OC(C)=O. The molecule has 1 unspecified atom stereocenters. The number of allylic oxidation sites excluding steroid dienone is 1. The summed E-state index contributed by atoms with van der Waals surface area (Å²) in [5, 5.41) is 40.1. The quantitative estimate of drug-likeness (QED) is 0.103. The Labute approximate surface area is 344 Å². The second kappa shape index (κ2) is 16.7. The number of esters is 4. The maximum atomic E-state index is 15.3. The van der Waals surface area contributed by atoms with Gasteiger partial charge >= 0.3 is 23.9 Å². The van der Waals surface area contributed by atoms with Crippen molar-refractivity contribution in [2.75, 3.05) is 6.61 Å². The van der Waals surface area contributed by atoms with E-state index in [-0.39, 0.29) is 37.0 Å². The molecule has 15 nitrogen and oxygen atoms in total. The number of amides is 1. The molecular weight excluding hydrogens is 766 g/mol. The molecule has 4 N–H and O–H groups in total. The van der Waals surface area contributed by atoms with Gasteiger partial charge in [0, 0.05) is 37.2 Å². The lowest BCUT2D eigenvalue weighted by atomic mass is 9.44. The number of nitrogens with one attached hydrogen (secondary N) is 1. The number of ether oxygens (including phenoxy) is 5. The van der Waals surface area contributed by atoms with Gasteiger partial charge in [-0.3, -0.25) is 24.0 Å². The van der Waals surface area contributed by atoms with Gasteiger partial charge in [-0.05, 0) is 51.3 Å². The molecule has 0 aromatic heterocycles. The zero-order valence-corrected chi connectivity index (χ0v) is 35.2. The van der Waals surface area contributed by atoms with Crippen molar-refractivity contribution in [3.05, 3.63) is 70.8 Å². The van der Waals surface area contributed by atoms with E-state index < -0.39 is 113 Å². The molecule has 15 heteroatoms. The van der Waals surface area contributed by atoms with Gasteiger partial charge in [-0.2, -0.15) is 0 Å². The standard InChI is InChI=1S/C44H57NO14/c1-11-23(5)39(52)45-33(26-16-14-13-15-17-26)35(50)40(53)56-27-20-44(54)38(58-31(48)18-22(3)4)36-42(10,37(51)34(49)32(24(27)6)41(44,8)9)28(57-30(47)12-2)19-29-43(36,21-55-29)59-25(7)46/h11,13-17,27-29,33-36,38,49-50,54H,3,12,18-21H2,1-2,4-10H3,(H,45,52)/b23-11+/t27-,28-,29+,33-,34+,35+,36?,38-,42+,43-,44+/m0/s1. The van der Waals surface area contributed by atoms with Crippen LogP contribution in [0.3, 0.4) is 0 Å². The molecule has 1 amide bonds. The lowest BCUT2D eigenvalue weighted by molar-refractivity contribution is -0.347. The largest absolute Gasteiger partial charge is 0.461 e. The zero-order chi connectivity index (χ0) is 44.0. The molecule has 1 aromatic carbocycles. The van der Waals surface area contributed by atoms with Crippen LogP contribution in [0.25, 0.3) is 0 Å². The number of ketones is 1. The number of carbonyl (C=O) groups excluding carboxylic acids is 6. The molecule has 0 spiro atoms. The summed E-state index contributed by atoms with van der Waals surface area (Å²) >= 11 is 0. The molecule has 4 aliphatic rings. The molecule has 1 aliphatic heterocycles. The second-order valence-corrected chi connectivity index (χ2v) is 17.0. The molecule has 1 saturated heterocycles. The summed E-state index contributed by atoms with van der Waals surface area (Å²) in [6, 6.07) is 6.97. The number of hydrogen-bond donors (Lipinski definition) is 4. The summed E-state index contributed by atoms with van der Waals surface area (Å²) in [5.41, 5.74) is -6.51. The maximum Gasteiger partial charge on any atom is 0.338 e. The second-order valence-electron chi connectivity index (χ2n) is 17.0. The number of hydrogen-bond acceptors (Lipinski definition) is 14. The molecule has 59 heavy (non-hydrogen) atoms. The highest BCUT2D eigenvalue weighted by Crippen LogP contribution is 2.64. The van der Waals surface area contributed by atoms with Crippen LogP contribution in [0.1, 0.15) is 99.6 Å². The summed E-state index contributed by atoms with van der Waals surface area (Å²) in [6.07, 6.45) is -9.06. The molecule has 11 atom stereocenters.